The minimum Gasteiger partial charge on any atom is -0.379 e. The average molecular weight is 231 g/mol. The number of ether oxygens (including phenoxy) is 1. The fraction of sp³-hybridized carbons (Fsp3) is 0.357. The molecular weight excluding hydrogens is 214 g/mol. The van der Waals surface area contributed by atoms with Crippen LogP contribution in [-0.4, -0.2) is 37.5 Å². The Bertz CT molecular complexity index is 395. The normalized spacial score (nSPS) is 17.4. The van der Waals surface area contributed by atoms with Crippen LogP contribution in [0.25, 0.3) is 6.08 Å². The van der Waals surface area contributed by atoms with Gasteiger partial charge < -0.3 is 4.74 Å². The van der Waals surface area contributed by atoms with Gasteiger partial charge in [0, 0.05) is 19.6 Å². The van der Waals surface area contributed by atoms with Crippen molar-refractivity contribution in [3.05, 3.63) is 41.5 Å². The lowest BCUT2D eigenvalue weighted by atomic mass is 10.1. The summed E-state index contributed by atoms with van der Waals surface area (Å²) in [5, 5.41) is 0. The van der Waals surface area contributed by atoms with Gasteiger partial charge in [0.25, 0.3) is 0 Å². The van der Waals surface area contributed by atoms with E-state index in [1.54, 1.807) is 0 Å². The maximum atomic E-state index is 10.3. The number of hydrogen-bond donors (Lipinski definition) is 0. The molecule has 1 aliphatic heterocycles. The molecule has 0 unspecified atom stereocenters. The monoisotopic (exact) mass is 231 g/mol. The molecule has 1 aromatic carbocycles. The van der Waals surface area contributed by atoms with E-state index in [0.29, 0.717) is 0 Å². The number of carbonyl (C=O) groups excluding carboxylic acids is 1. The van der Waals surface area contributed by atoms with Crippen molar-refractivity contribution in [3.63, 3.8) is 0 Å². The van der Waals surface area contributed by atoms with Crippen molar-refractivity contribution in [2.24, 2.45) is 0 Å². The van der Waals surface area contributed by atoms with Crippen LogP contribution in [0.3, 0.4) is 0 Å². The molecule has 0 spiro atoms. The van der Waals surface area contributed by atoms with Crippen LogP contribution in [0.5, 0.6) is 0 Å². The van der Waals surface area contributed by atoms with E-state index < -0.39 is 0 Å². The molecule has 90 valence electrons. The van der Waals surface area contributed by atoms with Gasteiger partial charge in [0.2, 0.25) is 0 Å². The summed E-state index contributed by atoms with van der Waals surface area (Å²) < 4.78 is 5.32. The first-order valence-corrected chi connectivity index (χ1v) is 5.89. The van der Waals surface area contributed by atoms with Gasteiger partial charge in [-0.3, -0.25) is 9.69 Å². The van der Waals surface area contributed by atoms with Gasteiger partial charge in [-0.2, -0.15) is 0 Å². The van der Waals surface area contributed by atoms with E-state index in [1.807, 2.05) is 18.2 Å². The highest BCUT2D eigenvalue weighted by atomic mass is 16.5. The molecule has 2 rings (SSSR count). The molecule has 0 aliphatic carbocycles. The Labute approximate surface area is 102 Å². The van der Waals surface area contributed by atoms with Crippen LogP contribution in [0.1, 0.15) is 11.1 Å². The van der Waals surface area contributed by atoms with Crippen molar-refractivity contribution in [1.82, 2.24) is 4.90 Å². The zero-order valence-electron chi connectivity index (χ0n) is 9.84. The molecule has 1 aromatic rings. The Morgan fingerprint density at radius 3 is 2.88 bits per heavy atom. The smallest absolute Gasteiger partial charge is 0.142 e. The van der Waals surface area contributed by atoms with Crippen LogP contribution in [0.2, 0.25) is 0 Å². The second kappa shape index (κ2) is 6.33. The summed E-state index contributed by atoms with van der Waals surface area (Å²) in [6.45, 7) is 4.59. The lowest BCUT2D eigenvalue weighted by Gasteiger charge is -2.26. The highest BCUT2D eigenvalue weighted by Crippen LogP contribution is 2.10. The summed E-state index contributed by atoms with van der Waals surface area (Å²) in [5.74, 6) is 0. The fourth-order valence-corrected chi connectivity index (χ4v) is 1.96. The molecule has 17 heavy (non-hydrogen) atoms. The first kappa shape index (κ1) is 12.0. The standard InChI is InChI=1S/C14H17NO2/c16-8-2-5-13-3-1-4-14(11-13)12-15-6-9-17-10-7-15/h1-5,8,11H,6-7,9-10,12H2/b5-2+. The van der Waals surface area contributed by atoms with Gasteiger partial charge in [-0.1, -0.05) is 30.3 Å². The summed E-state index contributed by atoms with van der Waals surface area (Å²) in [6, 6.07) is 8.27. The van der Waals surface area contributed by atoms with Crippen molar-refractivity contribution in [1.29, 1.82) is 0 Å². The molecule has 0 aromatic heterocycles. The molecule has 1 heterocycles. The predicted molar refractivity (Wildman–Crippen MR) is 67.6 cm³/mol. The summed E-state index contributed by atoms with van der Waals surface area (Å²) in [5.41, 5.74) is 2.35. The van der Waals surface area contributed by atoms with Crippen molar-refractivity contribution >= 4 is 12.4 Å². The van der Waals surface area contributed by atoms with Crippen molar-refractivity contribution < 1.29 is 9.53 Å². The first-order chi connectivity index (χ1) is 8.38. The van der Waals surface area contributed by atoms with Gasteiger partial charge in [-0.15, -0.1) is 0 Å². The second-order valence-corrected chi connectivity index (χ2v) is 4.13. The van der Waals surface area contributed by atoms with Gasteiger partial charge in [0.05, 0.1) is 13.2 Å². The Morgan fingerprint density at radius 1 is 1.29 bits per heavy atom. The average Bonchev–Trinajstić information content (AvgIpc) is 2.38. The molecule has 1 fully saturated rings. The summed E-state index contributed by atoms with van der Waals surface area (Å²) in [7, 11) is 0. The molecule has 0 N–H and O–H groups in total. The van der Waals surface area contributed by atoms with E-state index in [1.165, 1.54) is 11.6 Å². The molecule has 3 nitrogen and oxygen atoms in total. The molecule has 1 saturated heterocycles. The molecule has 0 saturated carbocycles. The zero-order valence-corrected chi connectivity index (χ0v) is 9.84. The third kappa shape index (κ3) is 3.80. The van der Waals surface area contributed by atoms with Gasteiger partial charge in [-0.05, 0) is 17.2 Å². The number of benzene rings is 1. The van der Waals surface area contributed by atoms with E-state index in [0.717, 1.165) is 44.7 Å². The minimum atomic E-state index is 0.800. The van der Waals surface area contributed by atoms with Crippen LogP contribution in [0.4, 0.5) is 0 Å². The van der Waals surface area contributed by atoms with Crippen molar-refractivity contribution in [3.8, 4) is 0 Å². The van der Waals surface area contributed by atoms with Gasteiger partial charge >= 0.3 is 0 Å². The summed E-state index contributed by atoms with van der Waals surface area (Å²) in [6.07, 6.45) is 4.15. The Hall–Kier alpha value is -1.45. The third-order valence-electron chi connectivity index (χ3n) is 2.83. The lowest BCUT2D eigenvalue weighted by molar-refractivity contribution is -0.104. The lowest BCUT2D eigenvalue weighted by Crippen LogP contribution is -2.35. The zero-order chi connectivity index (χ0) is 11.9. The number of nitrogens with zero attached hydrogens (tertiary/aromatic N) is 1. The molecule has 1 aliphatic rings. The predicted octanol–water partition coefficient (Wildman–Crippen LogP) is 1.73. The largest absolute Gasteiger partial charge is 0.379 e. The molecule has 0 bridgehead atoms. The van der Waals surface area contributed by atoms with E-state index in [2.05, 4.69) is 17.0 Å². The SMILES string of the molecule is O=C/C=C/c1cccc(CN2CCOCC2)c1. The minimum absolute atomic E-state index is 0.800. The fourth-order valence-electron chi connectivity index (χ4n) is 1.96. The molecule has 0 amide bonds. The van der Waals surface area contributed by atoms with Gasteiger partial charge in [-0.25, -0.2) is 0 Å². The third-order valence-corrected chi connectivity index (χ3v) is 2.83. The summed E-state index contributed by atoms with van der Waals surface area (Å²) in [4.78, 5) is 12.7. The second-order valence-electron chi connectivity index (χ2n) is 4.13. The van der Waals surface area contributed by atoms with Crippen molar-refractivity contribution in [2.45, 2.75) is 6.54 Å². The number of hydrogen-bond acceptors (Lipinski definition) is 3. The van der Waals surface area contributed by atoms with E-state index in [-0.39, 0.29) is 0 Å². The van der Waals surface area contributed by atoms with Gasteiger partial charge in [0.15, 0.2) is 0 Å². The number of morpholine rings is 1. The number of rotatable bonds is 4. The summed E-state index contributed by atoms with van der Waals surface area (Å²) >= 11 is 0. The topological polar surface area (TPSA) is 29.5 Å². The Balaban J connectivity index is 1.99. The maximum absolute atomic E-state index is 10.3. The highest BCUT2D eigenvalue weighted by molar-refractivity contribution is 5.73. The van der Waals surface area contributed by atoms with Gasteiger partial charge in [0.1, 0.15) is 6.29 Å². The number of allylic oxidation sites excluding steroid dienone is 1. The maximum Gasteiger partial charge on any atom is 0.142 e. The highest BCUT2D eigenvalue weighted by Gasteiger charge is 2.10. The first-order valence-electron chi connectivity index (χ1n) is 5.89. The van der Waals surface area contributed by atoms with Crippen LogP contribution in [-0.2, 0) is 16.1 Å². The molecule has 3 heteroatoms. The molecular formula is C14H17NO2. The van der Waals surface area contributed by atoms with E-state index in [9.17, 15) is 4.79 Å². The Kier molecular flexibility index (Phi) is 4.47. The van der Waals surface area contributed by atoms with Crippen LogP contribution >= 0.6 is 0 Å². The molecule has 0 radical (unpaired) electrons. The quantitative estimate of drug-likeness (QED) is 0.584. The Morgan fingerprint density at radius 2 is 2.12 bits per heavy atom. The van der Waals surface area contributed by atoms with Crippen LogP contribution in [0, 0.1) is 0 Å². The van der Waals surface area contributed by atoms with Crippen LogP contribution < -0.4 is 0 Å². The van der Waals surface area contributed by atoms with Crippen LogP contribution in [0.15, 0.2) is 30.3 Å². The number of aldehydes is 1. The van der Waals surface area contributed by atoms with Crippen molar-refractivity contribution in [2.75, 3.05) is 26.3 Å². The number of carbonyl (C=O) groups is 1. The van der Waals surface area contributed by atoms with E-state index >= 15 is 0 Å². The van der Waals surface area contributed by atoms with E-state index in [4.69, 9.17) is 4.74 Å². The molecule has 0 atom stereocenters.